The summed E-state index contributed by atoms with van der Waals surface area (Å²) < 4.78 is 19.7. The normalized spacial score (nSPS) is 19.7. The molecule has 0 spiro atoms. The van der Waals surface area contributed by atoms with Gasteiger partial charge >= 0.3 is 0 Å². The maximum absolute atomic E-state index is 14.3. The van der Waals surface area contributed by atoms with Gasteiger partial charge in [-0.1, -0.05) is 6.07 Å². The fourth-order valence-electron chi connectivity index (χ4n) is 2.93. The zero-order chi connectivity index (χ0) is 14.7. The first-order valence-corrected chi connectivity index (χ1v) is 8.03. The third-order valence-corrected chi connectivity index (χ3v) is 4.47. The standard InChI is InChI=1S/C17H25FN2O/c1-20(12-13-6-8-21-9-7-13)17-5-2-14(10-16(17)18)11-19-15-3-4-15/h2,5,10,13,15,19H,3-4,6-9,11-12H2,1H3. The molecular weight excluding hydrogens is 267 g/mol. The predicted octanol–water partition coefficient (Wildman–Crippen LogP) is 2.94. The van der Waals surface area contributed by atoms with Gasteiger partial charge in [-0.2, -0.15) is 0 Å². The Labute approximate surface area is 126 Å². The van der Waals surface area contributed by atoms with Crippen molar-refractivity contribution in [3.05, 3.63) is 29.6 Å². The van der Waals surface area contributed by atoms with Crippen LogP contribution in [-0.2, 0) is 11.3 Å². The maximum Gasteiger partial charge on any atom is 0.146 e. The summed E-state index contributed by atoms with van der Waals surface area (Å²) in [7, 11) is 1.98. The lowest BCUT2D eigenvalue weighted by Gasteiger charge is -2.28. The van der Waals surface area contributed by atoms with Crippen LogP contribution in [0.5, 0.6) is 0 Å². The van der Waals surface area contributed by atoms with E-state index >= 15 is 0 Å². The highest BCUT2D eigenvalue weighted by molar-refractivity contribution is 5.48. The van der Waals surface area contributed by atoms with Gasteiger partial charge in [0.2, 0.25) is 0 Å². The van der Waals surface area contributed by atoms with Gasteiger partial charge in [0.25, 0.3) is 0 Å². The fraction of sp³-hybridized carbons (Fsp3) is 0.647. The molecule has 116 valence electrons. The lowest BCUT2D eigenvalue weighted by Crippen LogP contribution is -2.30. The lowest BCUT2D eigenvalue weighted by atomic mass is 9.99. The molecule has 3 nitrogen and oxygen atoms in total. The number of hydrogen-bond donors (Lipinski definition) is 1. The summed E-state index contributed by atoms with van der Waals surface area (Å²) in [4.78, 5) is 2.05. The van der Waals surface area contributed by atoms with Crippen LogP contribution in [0.25, 0.3) is 0 Å². The molecule has 3 rings (SSSR count). The highest BCUT2D eigenvalue weighted by atomic mass is 19.1. The van der Waals surface area contributed by atoms with E-state index in [1.54, 1.807) is 6.07 Å². The molecule has 1 aliphatic heterocycles. The van der Waals surface area contributed by atoms with Crippen LogP contribution in [0.3, 0.4) is 0 Å². The molecule has 0 atom stereocenters. The van der Waals surface area contributed by atoms with Crippen molar-refractivity contribution < 1.29 is 9.13 Å². The first-order valence-electron chi connectivity index (χ1n) is 8.03. The van der Waals surface area contributed by atoms with E-state index in [1.807, 2.05) is 24.1 Å². The molecule has 1 N–H and O–H groups in total. The number of nitrogens with zero attached hydrogens (tertiary/aromatic N) is 1. The van der Waals surface area contributed by atoms with Crippen LogP contribution >= 0.6 is 0 Å². The Bertz CT molecular complexity index is 470. The molecule has 0 bridgehead atoms. The van der Waals surface area contributed by atoms with Crippen molar-refractivity contribution in [3.8, 4) is 0 Å². The Morgan fingerprint density at radius 2 is 2.00 bits per heavy atom. The predicted molar refractivity (Wildman–Crippen MR) is 83.1 cm³/mol. The van der Waals surface area contributed by atoms with E-state index in [0.29, 0.717) is 17.6 Å². The number of benzene rings is 1. The van der Waals surface area contributed by atoms with Crippen LogP contribution in [0.2, 0.25) is 0 Å². The van der Waals surface area contributed by atoms with Gasteiger partial charge < -0.3 is 15.0 Å². The van der Waals surface area contributed by atoms with Gasteiger partial charge in [0.05, 0.1) is 5.69 Å². The Balaban J connectivity index is 1.57. The van der Waals surface area contributed by atoms with Crippen molar-refractivity contribution in [3.63, 3.8) is 0 Å². The molecule has 1 aromatic rings. The second kappa shape index (κ2) is 6.75. The third kappa shape index (κ3) is 4.17. The molecule has 2 aliphatic rings. The number of ether oxygens (including phenoxy) is 1. The lowest BCUT2D eigenvalue weighted by molar-refractivity contribution is 0.0685. The van der Waals surface area contributed by atoms with E-state index in [9.17, 15) is 4.39 Å². The quantitative estimate of drug-likeness (QED) is 0.872. The van der Waals surface area contributed by atoms with Gasteiger partial charge in [-0.25, -0.2) is 4.39 Å². The molecule has 1 heterocycles. The number of nitrogens with one attached hydrogen (secondary N) is 1. The summed E-state index contributed by atoms with van der Waals surface area (Å²) in [6.45, 7) is 3.35. The number of rotatable bonds is 6. The summed E-state index contributed by atoms with van der Waals surface area (Å²) in [5.41, 5.74) is 1.74. The molecule has 1 aromatic carbocycles. The SMILES string of the molecule is CN(CC1CCOCC1)c1ccc(CNC2CC2)cc1F. The topological polar surface area (TPSA) is 24.5 Å². The number of halogens is 1. The number of hydrogen-bond acceptors (Lipinski definition) is 3. The Morgan fingerprint density at radius 1 is 1.24 bits per heavy atom. The summed E-state index contributed by atoms with van der Waals surface area (Å²) in [5, 5.41) is 3.42. The van der Waals surface area contributed by atoms with E-state index in [2.05, 4.69) is 5.32 Å². The second-order valence-corrected chi connectivity index (χ2v) is 6.38. The Hall–Kier alpha value is -1.13. The van der Waals surface area contributed by atoms with E-state index in [0.717, 1.165) is 44.7 Å². The van der Waals surface area contributed by atoms with E-state index in [4.69, 9.17) is 4.74 Å². The van der Waals surface area contributed by atoms with Crippen molar-refractivity contribution in [2.24, 2.45) is 5.92 Å². The van der Waals surface area contributed by atoms with Crippen molar-refractivity contribution in [2.75, 3.05) is 31.7 Å². The minimum absolute atomic E-state index is 0.111. The fourth-order valence-corrected chi connectivity index (χ4v) is 2.93. The highest BCUT2D eigenvalue weighted by Crippen LogP contribution is 2.24. The van der Waals surface area contributed by atoms with E-state index in [1.165, 1.54) is 12.8 Å². The average Bonchev–Trinajstić information content (AvgIpc) is 3.30. The molecule has 0 unspecified atom stereocenters. The molecule has 4 heteroatoms. The summed E-state index contributed by atoms with van der Waals surface area (Å²) >= 11 is 0. The average molecular weight is 292 g/mol. The van der Waals surface area contributed by atoms with Crippen LogP contribution in [0.4, 0.5) is 10.1 Å². The minimum Gasteiger partial charge on any atom is -0.381 e. The maximum atomic E-state index is 14.3. The smallest absolute Gasteiger partial charge is 0.146 e. The molecule has 2 fully saturated rings. The largest absolute Gasteiger partial charge is 0.381 e. The number of anilines is 1. The van der Waals surface area contributed by atoms with Crippen LogP contribution in [0.1, 0.15) is 31.2 Å². The first kappa shape index (κ1) is 14.8. The first-order chi connectivity index (χ1) is 10.2. The summed E-state index contributed by atoms with van der Waals surface area (Å²) in [6.07, 6.45) is 4.67. The van der Waals surface area contributed by atoms with Crippen molar-refractivity contribution in [2.45, 2.75) is 38.3 Å². The minimum atomic E-state index is -0.111. The van der Waals surface area contributed by atoms with Crippen molar-refractivity contribution in [1.82, 2.24) is 5.32 Å². The van der Waals surface area contributed by atoms with E-state index < -0.39 is 0 Å². The van der Waals surface area contributed by atoms with Gasteiger partial charge in [0, 0.05) is 39.4 Å². The van der Waals surface area contributed by atoms with Crippen LogP contribution in [0.15, 0.2) is 18.2 Å². The molecule has 0 radical (unpaired) electrons. The van der Waals surface area contributed by atoms with Crippen molar-refractivity contribution >= 4 is 5.69 Å². The second-order valence-electron chi connectivity index (χ2n) is 6.38. The Morgan fingerprint density at radius 3 is 2.67 bits per heavy atom. The molecule has 1 saturated carbocycles. The van der Waals surface area contributed by atoms with Gasteiger partial charge in [-0.05, 0) is 49.3 Å². The van der Waals surface area contributed by atoms with Crippen LogP contribution in [-0.4, -0.2) is 32.8 Å². The van der Waals surface area contributed by atoms with Gasteiger partial charge in [0.1, 0.15) is 5.82 Å². The molecule has 0 amide bonds. The van der Waals surface area contributed by atoms with Gasteiger partial charge in [-0.3, -0.25) is 0 Å². The molecule has 21 heavy (non-hydrogen) atoms. The monoisotopic (exact) mass is 292 g/mol. The molecule has 1 aliphatic carbocycles. The molecule has 1 saturated heterocycles. The van der Waals surface area contributed by atoms with E-state index in [-0.39, 0.29) is 5.82 Å². The van der Waals surface area contributed by atoms with Crippen LogP contribution in [0, 0.1) is 11.7 Å². The molecule has 0 aromatic heterocycles. The zero-order valence-electron chi connectivity index (χ0n) is 12.8. The van der Waals surface area contributed by atoms with Gasteiger partial charge in [-0.15, -0.1) is 0 Å². The van der Waals surface area contributed by atoms with Gasteiger partial charge in [0.15, 0.2) is 0 Å². The zero-order valence-corrected chi connectivity index (χ0v) is 12.8. The summed E-state index contributed by atoms with van der Waals surface area (Å²) in [5.74, 6) is 0.499. The summed E-state index contributed by atoms with van der Waals surface area (Å²) in [6, 6.07) is 6.28. The molecular formula is C17H25FN2O. The van der Waals surface area contributed by atoms with Crippen LogP contribution < -0.4 is 10.2 Å². The van der Waals surface area contributed by atoms with Crippen molar-refractivity contribution in [1.29, 1.82) is 0 Å². The Kier molecular flexibility index (Phi) is 4.76. The third-order valence-electron chi connectivity index (χ3n) is 4.47. The highest BCUT2D eigenvalue weighted by Gasteiger charge is 2.20.